The van der Waals surface area contributed by atoms with E-state index in [2.05, 4.69) is 9.98 Å². The Balaban J connectivity index is 2.39. The van der Waals surface area contributed by atoms with E-state index in [-0.39, 0.29) is 38.4 Å². The molecule has 0 amide bonds. The number of rotatable bonds is 1. The van der Waals surface area contributed by atoms with Crippen molar-refractivity contribution in [2.75, 3.05) is 0 Å². The van der Waals surface area contributed by atoms with Crippen LogP contribution in [0, 0.1) is 43.9 Å². The van der Waals surface area contributed by atoms with Gasteiger partial charge in [0.05, 0.1) is 11.0 Å². The van der Waals surface area contributed by atoms with E-state index in [4.69, 9.17) is 19.4 Å². The molecule has 9 nitrogen and oxygen atoms in total. The average molecular weight is 357 g/mol. The lowest BCUT2D eigenvalue weighted by atomic mass is 10.1. The number of hydrogen-bond acceptors (Lipinski definition) is 8. The van der Waals surface area contributed by atoms with Gasteiger partial charge in [-0.2, -0.15) is 20.5 Å². The molecule has 0 fully saturated rings. The van der Waals surface area contributed by atoms with Crippen molar-refractivity contribution >= 4 is 27.6 Å². The van der Waals surface area contributed by atoms with E-state index in [1.807, 2.05) is 0 Å². The molecular formula is C18H7N5O4. The first kappa shape index (κ1) is 16.0. The van der Waals surface area contributed by atoms with Crippen LogP contribution in [0.4, 0.5) is 5.69 Å². The zero-order valence-corrected chi connectivity index (χ0v) is 13.4. The van der Waals surface area contributed by atoms with E-state index < -0.39 is 4.92 Å². The molecule has 27 heavy (non-hydrogen) atoms. The summed E-state index contributed by atoms with van der Waals surface area (Å²) >= 11 is 0. The van der Waals surface area contributed by atoms with Gasteiger partial charge in [0.1, 0.15) is 10.7 Å². The summed E-state index contributed by atoms with van der Waals surface area (Å²) in [5.74, 6) is 0. The molecule has 0 aromatic heterocycles. The topological polar surface area (TPSA) is 142 Å². The molecule has 2 aromatic carbocycles. The first-order valence-corrected chi connectivity index (χ1v) is 7.56. The van der Waals surface area contributed by atoms with E-state index in [0.717, 1.165) is 0 Å². The van der Waals surface area contributed by atoms with Crippen molar-refractivity contribution < 1.29 is 13.8 Å². The van der Waals surface area contributed by atoms with Gasteiger partial charge in [-0.1, -0.05) is 24.3 Å². The summed E-state index contributed by atoms with van der Waals surface area (Å²) in [6.45, 7) is 0. The van der Waals surface area contributed by atoms with Gasteiger partial charge in [0, 0.05) is 16.8 Å². The van der Waals surface area contributed by atoms with E-state index in [1.54, 1.807) is 36.7 Å². The third-order valence-electron chi connectivity index (χ3n) is 3.96. The smallest absolute Gasteiger partial charge is 0.273 e. The van der Waals surface area contributed by atoms with Gasteiger partial charge < -0.3 is 8.83 Å². The molecule has 1 aliphatic heterocycles. The molecule has 2 aromatic rings. The molecule has 0 radical (unpaired) electrons. The second kappa shape index (κ2) is 6.10. The van der Waals surface area contributed by atoms with Crippen LogP contribution in [0.1, 0.15) is 0 Å². The molecule has 1 heterocycles. The third-order valence-corrected chi connectivity index (χ3v) is 3.96. The van der Waals surface area contributed by atoms with E-state index in [9.17, 15) is 10.1 Å². The van der Waals surface area contributed by atoms with Gasteiger partial charge in [0.25, 0.3) is 5.69 Å². The molecule has 0 atom stereocenters. The van der Waals surface area contributed by atoms with Gasteiger partial charge in [-0.05, 0) is 6.07 Å². The lowest BCUT2D eigenvalue weighted by Crippen LogP contribution is -2.17. The SMILES string of the molecule is N#CN=c1c2oc3ccc([N+](=O)[O-])cc3oc=2c(=NC#N)c2ccccc12. The zero-order valence-electron chi connectivity index (χ0n) is 13.4. The van der Waals surface area contributed by atoms with Gasteiger partial charge in [-0.3, -0.25) is 10.1 Å². The Bertz CT molecular complexity index is 1530. The minimum Gasteiger partial charge on any atom is -0.447 e. The summed E-state index contributed by atoms with van der Waals surface area (Å²) in [6.07, 6.45) is 3.45. The van der Waals surface area contributed by atoms with Gasteiger partial charge >= 0.3 is 0 Å². The zero-order chi connectivity index (χ0) is 19.0. The predicted octanol–water partition coefficient (Wildman–Crippen LogP) is 2.58. The Labute approximate surface area is 149 Å². The van der Waals surface area contributed by atoms with Crippen LogP contribution in [0.15, 0.2) is 61.3 Å². The fraction of sp³-hybridized carbons (Fsp3) is 0. The van der Waals surface area contributed by atoms with Crippen LogP contribution >= 0.6 is 0 Å². The Hall–Kier alpha value is -4.50. The lowest BCUT2D eigenvalue weighted by molar-refractivity contribution is -0.384. The van der Waals surface area contributed by atoms with Crippen LogP contribution in [-0.4, -0.2) is 4.92 Å². The van der Waals surface area contributed by atoms with Gasteiger partial charge in [0.2, 0.25) is 12.4 Å². The van der Waals surface area contributed by atoms with E-state index >= 15 is 0 Å². The molecule has 0 unspecified atom stereocenters. The molecule has 0 saturated carbocycles. The van der Waals surface area contributed by atoms with Crippen molar-refractivity contribution in [2.45, 2.75) is 0 Å². The number of nitriles is 2. The monoisotopic (exact) mass is 357 g/mol. The standard InChI is InChI=1S/C18H7N5O4/c19-8-21-15-11-3-1-2-4-12(11)16(22-9-20)18-17(15)26-13-6-5-10(23(24)25)7-14(13)27-18/h1-7H. The average Bonchev–Trinajstić information content (AvgIpc) is 2.68. The molecule has 9 heteroatoms. The van der Waals surface area contributed by atoms with Crippen LogP contribution in [0.25, 0.3) is 21.9 Å². The summed E-state index contributed by atoms with van der Waals surface area (Å²) in [4.78, 5) is 18.1. The maximum absolute atomic E-state index is 11.0. The van der Waals surface area contributed by atoms with E-state index in [1.165, 1.54) is 18.2 Å². The van der Waals surface area contributed by atoms with Gasteiger partial charge in [0.15, 0.2) is 22.0 Å². The molecule has 4 rings (SSSR count). The quantitative estimate of drug-likeness (QED) is 0.291. The number of non-ortho nitro benzene ring substituents is 1. The molecule has 0 bridgehead atoms. The fourth-order valence-corrected chi connectivity index (χ4v) is 2.86. The highest BCUT2D eigenvalue weighted by Crippen LogP contribution is 2.21. The molecule has 128 valence electrons. The van der Waals surface area contributed by atoms with Crippen LogP contribution in [0.5, 0.6) is 0 Å². The summed E-state index contributed by atoms with van der Waals surface area (Å²) < 4.78 is 11.6. The van der Waals surface area contributed by atoms with Crippen molar-refractivity contribution in [3.8, 4) is 12.4 Å². The number of nitrogens with zero attached hydrogens (tertiary/aromatic N) is 5. The minimum absolute atomic E-state index is 0.0669. The maximum Gasteiger partial charge on any atom is 0.273 e. The van der Waals surface area contributed by atoms with Crippen LogP contribution in [-0.2, 0) is 0 Å². The summed E-state index contributed by atoms with van der Waals surface area (Å²) in [6, 6.07) is 10.8. The third kappa shape index (κ3) is 2.47. The summed E-state index contributed by atoms with van der Waals surface area (Å²) in [5, 5.41) is 30.7. The number of hydrogen-bond donors (Lipinski definition) is 0. The van der Waals surface area contributed by atoms with Crippen molar-refractivity contribution in [3.63, 3.8) is 0 Å². The Morgan fingerprint density at radius 1 is 0.889 bits per heavy atom. The highest BCUT2D eigenvalue weighted by molar-refractivity contribution is 5.82. The van der Waals surface area contributed by atoms with Crippen LogP contribution in [0.2, 0.25) is 0 Å². The minimum atomic E-state index is -0.559. The van der Waals surface area contributed by atoms with Gasteiger partial charge in [-0.15, -0.1) is 0 Å². The first-order valence-electron chi connectivity index (χ1n) is 7.56. The number of nitro benzene ring substituents is 1. The summed E-state index contributed by atoms with van der Waals surface area (Å²) in [5.41, 5.74) is 0.329. The van der Waals surface area contributed by atoms with Gasteiger partial charge in [-0.25, -0.2) is 0 Å². The first-order chi connectivity index (χ1) is 13.1. The lowest BCUT2D eigenvalue weighted by Gasteiger charge is -2.03. The van der Waals surface area contributed by atoms with Crippen molar-refractivity contribution in [2.24, 2.45) is 9.98 Å². The normalized spacial score (nSPS) is 12.4. The second-order valence-corrected chi connectivity index (χ2v) is 5.42. The maximum atomic E-state index is 11.0. The Kier molecular flexibility index (Phi) is 3.61. The Morgan fingerprint density at radius 2 is 1.44 bits per heavy atom. The highest BCUT2D eigenvalue weighted by atomic mass is 16.6. The second-order valence-electron chi connectivity index (χ2n) is 5.42. The van der Waals surface area contributed by atoms with Crippen molar-refractivity contribution in [1.82, 2.24) is 0 Å². The molecule has 0 saturated heterocycles. The molecule has 2 aliphatic rings. The Morgan fingerprint density at radius 3 is 1.96 bits per heavy atom. The highest BCUT2D eigenvalue weighted by Gasteiger charge is 2.13. The largest absolute Gasteiger partial charge is 0.447 e. The summed E-state index contributed by atoms with van der Waals surface area (Å²) in [7, 11) is 0. The van der Waals surface area contributed by atoms with E-state index in [0.29, 0.717) is 10.8 Å². The van der Waals surface area contributed by atoms with Crippen molar-refractivity contribution in [3.05, 3.63) is 74.1 Å². The van der Waals surface area contributed by atoms with Crippen LogP contribution in [0.3, 0.4) is 0 Å². The predicted molar refractivity (Wildman–Crippen MR) is 90.3 cm³/mol. The fourth-order valence-electron chi connectivity index (χ4n) is 2.86. The van der Waals surface area contributed by atoms with Crippen molar-refractivity contribution in [1.29, 1.82) is 10.5 Å². The molecule has 0 spiro atoms. The number of nitro groups is 1. The molecule has 0 N–H and O–H groups in total. The molecular weight excluding hydrogens is 350 g/mol. The van der Waals surface area contributed by atoms with Crippen LogP contribution < -0.4 is 10.7 Å². The number of benzene rings is 2. The number of fused-ring (bicyclic) bond motifs is 2. The molecule has 1 aliphatic carbocycles.